The maximum Gasteiger partial charge on any atom is 0.238 e. The van der Waals surface area contributed by atoms with E-state index < -0.39 is 0 Å². The summed E-state index contributed by atoms with van der Waals surface area (Å²) in [6, 6.07) is 6.26. The number of anilines is 1. The molecule has 0 spiro atoms. The molecule has 3 aliphatic rings. The van der Waals surface area contributed by atoms with E-state index in [-0.39, 0.29) is 40.7 Å². The fraction of sp³-hybridized carbons (Fsp3) is 0.368. The van der Waals surface area contributed by atoms with Crippen LogP contribution in [0.5, 0.6) is 5.75 Å². The zero-order chi connectivity index (χ0) is 16.2. The minimum Gasteiger partial charge on any atom is -0.508 e. The van der Waals surface area contributed by atoms with E-state index in [2.05, 4.69) is 18.2 Å². The van der Waals surface area contributed by atoms with Gasteiger partial charge in [-0.25, -0.2) is 0 Å². The summed E-state index contributed by atoms with van der Waals surface area (Å²) < 4.78 is 0. The molecule has 2 fully saturated rings. The minimum absolute atomic E-state index is 0.0950. The van der Waals surface area contributed by atoms with Gasteiger partial charge in [0.05, 0.1) is 17.5 Å². The molecule has 4 unspecified atom stereocenters. The third-order valence-electron chi connectivity index (χ3n) is 5.56. The van der Waals surface area contributed by atoms with Crippen LogP contribution in [0.4, 0.5) is 5.69 Å². The van der Waals surface area contributed by atoms with E-state index in [1.165, 1.54) is 17.0 Å². The Morgan fingerprint density at radius 1 is 1.26 bits per heavy atom. The smallest absolute Gasteiger partial charge is 0.238 e. The molecular weight excluding hydrogens is 290 g/mol. The first kappa shape index (κ1) is 14.2. The van der Waals surface area contributed by atoms with Crippen LogP contribution in [0.2, 0.25) is 0 Å². The lowest BCUT2D eigenvalue weighted by molar-refractivity contribution is -0.123. The maximum atomic E-state index is 13.0. The number of carbonyl (C=O) groups excluding carboxylic acids is 2. The summed E-state index contributed by atoms with van der Waals surface area (Å²) in [4.78, 5) is 27.2. The van der Waals surface area contributed by atoms with Crippen molar-refractivity contribution in [2.45, 2.75) is 19.8 Å². The molecule has 2 amide bonds. The van der Waals surface area contributed by atoms with Crippen LogP contribution in [0.1, 0.15) is 19.8 Å². The first-order valence-electron chi connectivity index (χ1n) is 8.05. The zero-order valence-electron chi connectivity index (χ0n) is 13.0. The molecule has 4 rings (SSSR count). The third-order valence-corrected chi connectivity index (χ3v) is 5.56. The van der Waals surface area contributed by atoms with Gasteiger partial charge in [0.1, 0.15) is 5.75 Å². The monoisotopic (exact) mass is 309 g/mol. The van der Waals surface area contributed by atoms with E-state index in [4.69, 9.17) is 0 Å². The van der Waals surface area contributed by atoms with Crippen molar-refractivity contribution in [2.75, 3.05) is 4.90 Å². The summed E-state index contributed by atoms with van der Waals surface area (Å²) in [5.74, 6) is -0.380. The summed E-state index contributed by atoms with van der Waals surface area (Å²) in [5, 5.41) is 9.42. The van der Waals surface area contributed by atoms with Gasteiger partial charge in [-0.3, -0.25) is 14.5 Å². The van der Waals surface area contributed by atoms with E-state index >= 15 is 0 Å². The highest BCUT2D eigenvalue weighted by molar-refractivity contribution is 6.23. The van der Waals surface area contributed by atoms with Crippen molar-refractivity contribution in [2.24, 2.45) is 23.2 Å². The minimum atomic E-state index is -0.255. The molecular formula is C19H19NO3. The Balaban J connectivity index is 1.73. The molecule has 4 heteroatoms. The fourth-order valence-electron chi connectivity index (χ4n) is 4.57. The van der Waals surface area contributed by atoms with E-state index in [9.17, 15) is 14.7 Å². The number of hydrogen-bond acceptors (Lipinski definition) is 3. The Bertz CT molecular complexity index is 733. The first-order valence-corrected chi connectivity index (χ1v) is 8.05. The van der Waals surface area contributed by atoms with Crippen molar-refractivity contribution in [3.8, 4) is 5.75 Å². The number of phenolic OH excluding ortho intramolecular Hbond substituents is 1. The van der Waals surface area contributed by atoms with Crippen LogP contribution < -0.4 is 4.90 Å². The van der Waals surface area contributed by atoms with Crippen molar-refractivity contribution in [1.82, 2.24) is 0 Å². The highest BCUT2D eigenvalue weighted by Crippen LogP contribution is 2.62. The standard InChI is InChI=1S/C19H19NO3/c1-2-3-9-19-10-8-12(11-19)15-16(19)18(23)20(17(15)22)13-4-6-14(21)7-5-13/h2-8,10,12,15-16,21H,9,11H2,1H3. The van der Waals surface area contributed by atoms with E-state index in [0.717, 1.165) is 12.8 Å². The molecule has 0 aromatic heterocycles. The molecule has 1 aliphatic heterocycles. The molecule has 1 N–H and O–H groups in total. The lowest BCUT2D eigenvalue weighted by atomic mass is 9.72. The Kier molecular flexibility index (Phi) is 2.98. The quantitative estimate of drug-likeness (QED) is 0.689. The molecule has 1 aromatic carbocycles. The summed E-state index contributed by atoms with van der Waals surface area (Å²) in [6.45, 7) is 1.98. The number of nitrogens with zero attached hydrogens (tertiary/aromatic N) is 1. The van der Waals surface area contributed by atoms with Gasteiger partial charge in [0.25, 0.3) is 0 Å². The Labute approximate surface area is 135 Å². The second kappa shape index (κ2) is 4.82. The summed E-state index contributed by atoms with van der Waals surface area (Å²) in [5.41, 5.74) is 0.341. The van der Waals surface area contributed by atoms with Crippen LogP contribution in [-0.2, 0) is 9.59 Å². The van der Waals surface area contributed by atoms with E-state index in [0.29, 0.717) is 5.69 Å². The van der Waals surface area contributed by atoms with Gasteiger partial charge in [-0.1, -0.05) is 24.3 Å². The number of amides is 2. The zero-order valence-corrected chi connectivity index (χ0v) is 13.0. The maximum absolute atomic E-state index is 13.0. The summed E-state index contributed by atoms with van der Waals surface area (Å²) >= 11 is 0. The van der Waals surface area contributed by atoms with Crippen LogP contribution in [0, 0.1) is 23.2 Å². The molecule has 4 nitrogen and oxygen atoms in total. The number of aromatic hydroxyl groups is 1. The Morgan fingerprint density at radius 3 is 2.70 bits per heavy atom. The average Bonchev–Trinajstić information content (AvgIpc) is 3.18. The highest BCUT2D eigenvalue weighted by Gasteiger charge is 2.65. The molecule has 23 heavy (non-hydrogen) atoms. The number of imide groups is 1. The molecule has 1 saturated heterocycles. The predicted octanol–water partition coefficient (Wildman–Crippen LogP) is 3.04. The van der Waals surface area contributed by atoms with Crippen molar-refractivity contribution in [1.29, 1.82) is 0 Å². The predicted molar refractivity (Wildman–Crippen MR) is 86.7 cm³/mol. The van der Waals surface area contributed by atoms with Crippen LogP contribution in [-0.4, -0.2) is 16.9 Å². The second-order valence-corrected chi connectivity index (χ2v) is 6.77. The fourth-order valence-corrected chi connectivity index (χ4v) is 4.57. The van der Waals surface area contributed by atoms with Crippen molar-refractivity contribution in [3.63, 3.8) is 0 Å². The van der Waals surface area contributed by atoms with Crippen LogP contribution in [0.3, 0.4) is 0 Å². The summed E-state index contributed by atoms with van der Waals surface area (Å²) in [6.07, 6.45) is 10.1. The number of allylic oxidation sites excluding steroid dienone is 4. The van der Waals surface area contributed by atoms with Gasteiger partial charge < -0.3 is 5.11 Å². The van der Waals surface area contributed by atoms with E-state index in [1.54, 1.807) is 12.1 Å². The van der Waals surface area contributed by atoms with Crippen LogP contribution in [0.25, 0.3) is 0 Å². The van der Waals surface area contributed by atoms with Crippen molar-refractivity contribution >= 4 is 17.5 Å². The lowest BCUT2D eigenvalue weighted by Crippen LogP contribution is -2.35. The topological polar surface area (TPSA) is 57.6 Å². The largest absolute Gasteiger partial charge is 0.508 e. The second-order valence-electron chi connectivity index (χ2n) is 6.77. The molecule has 4 atom stereocenters. The third kappa shape index (κ3) is 1.84. The van der Waals surface area contributed by atoms with Crippen molar-refractivity contribution < 1.29 is 14.7 Å². The summed E-state index contributed by atoms with van der Waals surface area (Å²) in [7, 11) is 0. The molecule has 1 aromatic rings. The number of hydrogen-bond donors (Lipinski definition) is 1. The number of fused-ring (bicyclic) bond motifs is 5. The molecule has 1 saturated carbocycles. The van der Waals surface area contributed by atoms with Crippen molar-refractivity contribution in [3.05, 3.63) is 48.6 Å². The highest BCUT2D eigenvalue weighted by atomic mass is 16.3. The van der Waals surface area contributed by atoms with Gasteiger partial charge in [0, 0.05) is 5.41 Å². The number of carbonyl (C=O) groups is 2. The normalized spacial score (nSPS) is 34.8. The number of benzene rings is 1. The Morgan fingerprint density at radius 2 is 2.00 bits per heavy atom. The average molecular weight is 309 g/mol. The SMILES string of the molecule is CC=CCC12C=CC(C1)C1C(=O)N(c3ccc(O)cc3)C(=O)C12. The molecule has 118 valence electrons. The molecule has 0 radical (unpaired) electrons. The van der Waals surface area contributed by atoms with Gasteiger partial charge in [0.2, 0.25) is 11.8 Å². The molecule has 2 aliphatic carbocycles. The van der Waals surface area contributed by atoms with Gasteiger partial charge in [-0.15, -0.1) is 0 Å². The van der Waals surface area contributed by atoms with Gasteiger partial charge in [-0.05, 0) is 49.9 Å². The van der Waals surface area contributed by atoms with Crippen LogP contribution >= 0.6 is 0 Å². The Hall–Kier alpha value is -2.36. The van der Waals surface area contributed by atoms with Gasteiger partial charge >= 0.3 is 0 Å². The van der Waals surface area contributed by atoms with Gasteiger partial charge in [-0.2, -0.15) is 0 Å². The van der Waals surface area contributed by atoms with E-state index in [1.807, 2.05) is 13.0 Å². The molecule has 1 heterocycles. The first-order chi connectivity index (χ1) is 11.1. The number of phenols is 1. The lowest BCUT2D eigenvalue weighted by Gasteiger charge is -2.29. The number of rotatable bonds is 3. The molecule has 2 bridgehead atoms. The van der Waals surface area contributed by atoms with Crippen LogP contribution in [0.15, 0.2) is 48.6 Å². The van der Waals surface area contributed by atoms with Gasteiger partial charge in [0.15, 0.2) is 0 Å².